The summed E-state index contributed by atoms with van der Waals surface area (Å²) in [5.41, 5.74) is 0.0544. The maximum absolute atomic E-state index is 14.4. The van der Waals surface area contributed by atoms with Crippen molar-refractivity contribution in [2.24, 2.45) is 0 Å². The summed E-state index contributed by atoms with van der Waals surface area (Å²) in [6.45, 7) is 5.22. The van der Waals surface area contributed by atoms with E-state index in [0.29, 0.717) is 32.6 Å². The van der Waals surface area contributed by atoms with E-state index in [0.717, 1.165) is 37.8 Å². The van der Waals surface area contributed by atoms with Crippen molar-refractivity contribution in [2.75, 3.05) is 32.7 Å². The Kier molecular flexibility index (Phi) is 8.58. The molecule has 1 aromatic carbocycles. The largest absolute Gasteiger partial charge is 0.355 e. The van der Waals surface area contributed by atoms with Gasteiger partial charge in [-0.1, -0.05) is 20.3 Å². The fourth-order valence-electron chi connectivity index (χ4n) is 3.28. The molecule has 1 heterocycles. The van der Waals surface area contributed by atoms with E-state index in [-0.39, 0.29) is 18.0 Å². The molecule has 0 atom stereocenters. The maximum Gasteiger partial charge on any atom is 0.254 e. The van der Waals surface area contributed by atoms with Crippen molar-refractivity contribution in [1.82, 2.24) is 14.5 Å². The molecule has 0 radical (unpaired) electrons. The number of carbonyl (C=O) groups is 2. The first kappa shape index (κ1) is 23.3. The second kappa shape index (κ2) is 10.7. The summed E-state index contributed by atoms with van der Waals surface area (Å²) in [4.78, 5) is 25.8. The molecular weight excluding hydrogens is 397 g/mol. The first-order valence-electron chi connectivity index (χ1n) is 10.2. The van der Waals surface area contributed by atoms with Gasteiger partial charge in [0.25, 0.3) is 5.91 Å². The maximum atomic E-state index is 14.4. The molecule has 1 saturated heterocycles. The van der Waals surface area contributed by atoms with Crippen molar-refractivity contribution in [1.29, 1.82) is 0 Å². The minimum Gasteiger partial charge on any atom is -0.355 e. The number of nitrogens with one attached hydrogen (secondary N) is 1. The van der Waals surface area contributed by atoms with Crippen LogP contribution < -0.4 is 5.32 Å². The molecule has 1 aromatic rings. The Bertz CT molecular complexity index is 823. The molecule has 9 heteroatoms. The van der Waals surface area contributed by atoms with E-state index in [4.69, 9.17) is 0 Å². The average molecular weight is 428 g/mol. The zero-order valence-corrected chi connectivity index (χ0v) is 17.9. The van der Waals surface area contributed by atoms with Crippen molar-refractivity contribution < 1.29 is 22.4 Å². The first-order valence-corrected chi connectivity index (χ1v) is 11.6. The molecule has 7 nitrogen and oxygen atoms in total. The van der Waals surface area contributed by atoms with Crippen LogP contribution in [0.1, 0.15) is 56.3 Å². The Morgan fingerprint density at radius 2 is 1.83 bits per heavy atom. The Hall–Kier alpha value is -2.00. The van der Waals surface area contributed by atoms with Crippen molar-refractivity contribution in [3.05, 3.63) is 29.6 Å². The molecule has 0 aromatic heterocycles. The Morgan fingerprint density at radius 3 is 2.45 bits per heavy atom. The fourth-order valence-corrected chi connectivity index (χ4v) is 4.88. The predicted molar refractivity (Wildman–Crippen MR) is 109 cm³/mol. The van der Waals surface area contributed by atoms with Crippen LogP contribution in [-0.2, 0) is 14.8 Å². The summed E-state index contributed by atoms with van der Waals surface area (Å²) >= 11 is 0. The van der Waals surface area contributed by atoms with Crippen LogP contribution in [0.2, 0.25) is 0 Å². The highest BCUT2D eigenvalue weighted by molar-refractivity contribution is 7.89. The van der Waals surface area contributed by atoms with Gasteiger partial charge in [0.2, 0.25) is 15.9 Å². The summed E-state index contributed by atoms with van der Waals surface area (Å²) in [5.74, 6) is -1.65. The predicted octanol–water partition coefficient (Wildman–Crippen LogP) is 2.38. The zero-order valence-electron chi connectivity index (χ0n) is 17.1. The van der Waals surface area contributed by atoms with Gasteiger partial charge >= 0.3 is 0 Å². The number of amides is 2. The van der Waals surface area contributed by atoms with E-state index in [1.165, 1.54) is 15.3 Å². The highest BCUT2D eigenvalue weighted by atomic mass is 32.2. The lowest BCUT2D eigenvalue weighted by molar-refractivity contribution is -0.121. The van der Waals surface area contributed by atoms with Gasteiger partial charge in [0, 0.05) is 31.7 Å². The summed E-state index contributed by atoms with van der Waals surface area (Å²) in [6.07, 6.45) is 3.82. The van der Waals surface area contributed by atoms with Crippen LogP contribution >= 0.6 is 0 Å². The number of rotatable bonds is 9. The molecule has 1 N–H and O–H groups in total. The normalized spacial score (nSPS) is 15.1. The summed E-state index contributed by atoms with van der Waals surface area (Å²) in [5, 5.41) is 2.72. The molecule has 2 rings (SSSR count). The first-order chi connectivity index (χ1) is 13.8. The summed E-state index contributed by atoms with van der Waals surface area (Å²) < 4.78 is 41.4. The third kappa shape index (κ3) is 5.99. The lowest BCUT2D eigenvalue weighted by Gasteiger charge is -2.26. The lowest BCUT2D eigenvalue weighted by Crippen LogP contribution is -2.41. The van der Waals surface area contributed by atoms with Crippen LogP contribution in [0.25, 0.3) is 0 Å². The molecular formula is C20H30FN3O4S. The number of piperidine rings is 1. The average Bonchev–Trinajstić information content (AvgIpc) is 2.72. The van der Waals surface area contributed by atoms with Gasteiger partial charge in [-0.05, 0) is 43.9 Å². The van der Waals surface area contributed by atoms with Crippen LogP contribution in [0.4, 0.5) is 4.39 Å². The number of sulfonamides is 1. The van der Waals surface area contributed by atoms with Crippen LogP contribution in [0.15, 0.2) is 23.1 Å². The highest BCUT2D eigenvalue weighted by Gasteiger charge is 2.30. The molecule has 0 saturated carbocycles. The Balaban J connectivity index is 2.27. The molecule has 1 aliphatic heterocycles. The van der Waals surface area contributed by atoms with E-state index in [9.17, 15) is 22.4 Å². The molecule has 0 bridgehead atoms. The molecule has 1 fully saturated rings. The van der Waals surface area contributed by atoms with Crippen LogP contribution in [0.3, 0.4) is 0 Å². The van der Waals surface area contributed by atoms with E-state index in [2.05, 4.69) is 5.32 Å². The number of nitrogens with zero attached hydrogens (tertiary/aromatic N) is 2. The second-order valence-electron chi connectivity index (χ2n) is 7.19. The quantitative estimate of drug-likeness (QED) is 0.656. The van der Waals surface area contributed by atoms with E-state index < -0.39 is 26.6 Å². The minimum atomic E-state index is -4.01. The van der Waals surface area contributed by atoms with Gasteiger partial charge in [-0.25, -0.2) is 12.8 Å². The second-order valence-corrected chi connectivity index (χ2v) is 9.09. The molecule has 1 aliphatic rings. The lowest BCUT2D eigenvalue weighted by atomic mass is 10.2. The SMILES string of the molecule is CCCNC(=O)CN(CCC)C(=O)c1ccc(F)c(S(=O)(=O)N2CCCCC2)c1. The standard InChI is InChI=1S/C20H30FN3O4S/c1-3-10-22-19(25)15-23(11-4-2)20(26)16-8-9-17(21)18(14-16)29(27,28)24-12-6-5-7-13-24/h8-9,14H,3-7,10-13,15H2,1-2H3,(H,22,25). The van der Waals surface area contributed by atoms with Crippen molar-refractivity contribution in [3.63, 3.8) is 0 Å². The van der Waals surface area contributed by atoms with Crippen LogP contribution in [0.5, 0.6) is 0 Å². The number of hydrogen-bond donors (Lipinski definition) is 1. The van der Waals surface area contributed by atoms with Gasteiger partial charge in [0.1, 0.15) is 10.7 Å². The number of benzene rings is 1. The minimum absolute atomic E-state index is 0.0544. The van der Waals surface area contributed by atoms with Gasteiger partial charge in [0.15, 0.2) is 0 Å². The molecule has 2 amide bonds. The third-order valence-corrected chi connectivity index (χ3v) is 6.71. The van der Waals surface area contributed by atoms with Gasteiger partial charge in [-0.15, -0.1) is 0 Å². The number of carbonyl (C=O) groups excluding carboxylic acids is 2. The van der Waals surface area contributed by atoms with E-state index in [1.54, 1.807) is 0 Å². The third-order valence-electron chi connectivity index (χ3n) is 4.80. The van der Waals surface area contributed by atoms with Gasteiger partial charge < -0.3 is 10.2 Å². The summed E-state index contributed by atoms with van der Waals surface area (Å²) in [6, 6.07) is 3.36. The van der Waals surface area contributed by atoms with Crippen molar-refractivity contribution in [2.45, 2.75) is 50.8 Å². The molecule has 0 unspecified atom stereocenters. The number of hydrogen-bond acceptors (Lipinski definition) is 4. The van der Waals surface area contributed by atoms with E-state index >= 15 is 0 Å². The molecule has 162 valence electrons. The van der Waals surface area contributed by atoms with Gasteiger partial charge in [0.05, 0.1) is 6.54 Å². The van der Waals surface area contributed by atoms with E-state index in [1.807, 2.05) is 13.8 Å². The molecule has 0 spiro atoms. The summed E-state index contributed by atoms with van der Waals surface area (Å²) in [7, 11) is -4.01. The Morgan fingerprint density at radius 1 is 1.14 bits per heavy atom. The topological polar surface area (TPSA) is 86.8 Å². The zero-order chi connectivity index (χ0) is 21.4. The van der Waals surface area contributed by atoms with Gasteiger partial charge in [-0.2, -0.15) is 4.31 Å². The molecule has 0 aliphatic carbocycles. The Labute approximate surface area is 172 Å². The number of halogens is 1. The van der Waals surface area contributed by atoms with Crippen molar-refractivity contribution >= 4 is 21.8 Å². The fraction of sp³-hybridized carbons (Fsp3) is 0.600. The van der Waals surface area contributed by atoms with Crippen LogP contribution in [0, 0.1) is 5.82 Å². The highest BCUT2D eigenvalue weighted by Crippen LogP contribution is 2.24. The van der Waals surface area contributed by atoms with Gasteiger partial charge in [-0.3, -0.25) is 9.59 Å². The monoisotopic (exact) mass is 427 g/mol. The molecule has 29 heavy (non-hydrogen) atoms. The van der Waals surface area contributed by atoms with Crippen molar-refractivity contribution in [3.8, 4) is 0 Å². The smallest absolute Gasteiger partial charge is 0.254 e. The van der Waals surface area contributed by atoms with Crippen LogP contribution in [-0.4, -0.2) is 62.2 Å².